The summed E-state index contributed by atoms with van der Waals surface area (Å²) in [4.78, 5) is 23.9. The first-order valence-corrected chi connectivity index (χ1v) is 8.35. The molecule has 3 rings (SSSR count). The van der Waals surface area contributed by atoms with Crippen LogP contribution in [0.1, 0.15) is 16.8 Å². The highest BCUT2D eigenvalue weighted by Gasteiger charge is 2.19. The molecule has 1 aromatic heterocycles. The van der Waals surface area contributed by atoms with Crippen molar-refractivity contribution in [2.45, 2.75) is 19.4 Å². The van der Waals surface area contributed by atoms with E-state index in [9.17, 15) is 9.90 Å². The van der Waals surface area contributed by atoms with E-state index >= 15 is 0 Å². The van der Waals surface area contributed by atoms with Crippen LogP contribution in [0.4, 0.5) is 5.95 Å². The summed E-state index contributed by atoms with van der Waals surface area (Å²) in [5.74, 6) is 1.21. The van der Waals surface area contributed by atoms with Gasteiger partial charge in [-0.3, -0.25) is 14.7 Å². The maximum absolute atomic E-state index is 12.3. The lowest BCUT2D eigenvalue weighted by atomic mass is 10.1. The highest BCUT2D eigenvalue weighted by atomic mass is 16.5. The minimum atomic E-state index is -0.0439. The van der Waals surface area contributed by atoms with Gasteiger partial charge in [-0.25, -0.2) is 4.98 Å². The predicted octanol–water partition coefficient (Wildman–Crippen LogP) is 1.15. The number of hydrogen-bond donors (Lipinski definition) is 2. The predicted molar refractivity (Wildman–Crippen MR) is 96.5 cm³/mol. The van der Waals surface area contributed by atoms with Crippen molar-refractivity contribution < 1.29 is 9.84 Å². The topological polar surface area (TPSA) is 81.7 Å². The van der Waals surface area contributed by atoms with Crippen molar-refractivity contribution in [2.75, 3.05) is 39.2 Å². The van der Waals surface area contributed by atoms with Crippen molar-refractivity contribution in [3.8, 4) is 11.5 Å². The van der Waals surface area contributed by atoms with E-state index in [0.717, 1.165) is 36.3 Å². The van der Waals surface area contributed by atoms with Crippen LogP contribution in [0.25, 0.3) is 0 Å². The first-order chi connectivity index (χ1) is 12.0. The highest BCUT2D eigenvalue weighted by molar-refractivity contribution is 5.41. The molecule has 0 spiro atoms. The molecular formula is C18H24N4O3. The number of fused-ring (bicyclic) bond motifs is 1. The number of aromatic amines is 1. The lowest BCUT2D eigenvalue weighted by molar-refractivity contribution is 0.278. The lowest BCUT2D eigenvalue weighted by Crippen LogP contribution is -2.26. The number of nitrogens with zero attached hydrogens (tertiary/aromatic N) is 3. The van der Waals surface area contributed by atoms with Crippen molar-refractivity contribution in [1.82, 2.24) is 14.9 Å². The molecule has 2 N–H and O–H groups in total. The fraction of sp³-hybridized carbons (Fsp3) is 0.444. The summed E-state index contributed by atoms with van der Waals surface area (Å²) in [6, 6.07) is 5.45. The third-order valence-corrected chi connectivity index (χ3v) is 4.50. The summed E-state index contributed by atoms with van der Waals surface area (Å²) in [5, 5.41) is 9.93. The molecule has 0 unspecified atom stereocenters. The number of anilines is 1. The van der Waals surface area contributed by atoms with Crippen LogP contribution in [0.2, 0.25) is 0 Å². The molecule has 0 radical (unpaired) electrons. The zero-order valence-electron chi connectivity index (χ0n) is 14.9. The zero-order valence-corrected chi connectivity index (χ0v) is 14.9. The van der Waals surface area contributed by atoms with E-state index in [4.69, 9.17) is 4.74 Å². The van der Waals surface area contributed by atoms with E-state index in [0.29, 0.717) is 24.7 Å². The molecule has 2 heterocycles. The van der Waals surface area contributed by atoms with Gasteiger partial charge < -0.3 is 14.7 Å². The van der Waals surface area contributed by atoms with Gasteiger partial charge in [0.25, 0.3) is 5.56 Å². The number of methoxy groups -OCH3 is 1. The number of hydrogen-bond acceptors (Lipinski definition) is 6. The molecule has 7 nitrogen and oxygen atoms in total. The summed E-state index contributed by atoms with van der Waals surface area (Å²) in [5.41, 5.74) is 2.64. The summed E-state index contributed by atoms with van der Waals surface area (Å²) in [6.07, 6.45) is 1.41. The number of ether oxygens (including phenoxy) is 1. The van der Waals surface area contributed by atoms with Gasteiger partial charge in [0.2, 0.25) is 5.95 Å². The number of aromatic hydroxyl groups is 1. The standard InChI is InChI=1S/C18H24N4O3/c1-21(2)18-19-14-7-9-22(8-6-13(14)17(24)20-18)11-12-4-5-16(25-3)15(23)10-12/h4-5,10,23H,6-9,11H2,1-3H3,(H,19,20,24). The number of H-pyrrole nitrogens is 1. The molecule has 7 heteroatoms. The Bertz CT molecular complexity index is 816. The zero-order chi connectivity index (χ0) is 18.0. The number of rotatable bonds is 4. The number of phenolic OH excluding ortho intramolecular Hbond substituents is 1. The van der Waals surface area contributed by atoms with Crippen LogP contribution in [-0.4, -0.2) is 54.3 Å². The Morgan fingerprint density at radius 2 is 2.08 bits per heavy atom. The van der Waals surface area contributed by atoms with Crippen molar-refractivity contribution in [3.05, 3.63) is 45.4 Å². The van der Waals surface area contributed by atoms with Crippen LogP contribution in [0.5, 0.6) is 11.5 Å². The van der Waals surface area contributed by atoms with E-state index in [-0.39, 0.29) is 11.3 Å². The second-order valence-electron chi connectivity index (χ2n) is 6.49. The number of benzene rings is 1. The fourth-order valence-electron chi connectivity index (χ4n) is 3.10. The maximum Gasteiger partial charge on any atom is 0.255 e. The van der Waals surface area contributed by atoms with Gasteiger partial charge in [-0.1, -0.05) is 6.07 Å². The Hall–Kier alpha value is -2.54. The van der Waals surface area contributed by atoms with E-state index in [1.807, 2.05) is 25.1 Å². The van der Waals surface area contributed by atoms with Gasteiger partial charge in [-0.15, -0.1) is 0 Å². The van der Waals surface area contributed by atoms with Gasteiger partial charge in [-0.2, -0.15) is 0 Å². The van der Waals surface area contributed by atoms with E-state index in [1.54, 1.807) is 12.1 Å². The molecule has 1 aromatic carbocycles. The molecule has 0 fully saturated rings. The Balaban J connectivity index is 1.75. The molecule has 0 aliphatic carbocycles. The van der Waals surface area contributed by atoms with Crippen LogP contribution in [0.3, 0.4) is 0 Å². The van der Waals surface area contributed by atoms with E-state index in [1.165, 1.54) is 7.11 Å². The summed E-state index contributed by atoms with van der Waals surface area (Å²) in [6.45, 7) is 2.32. The summed E-state index contributed by atoms with van der Waals surface area (Å²) >= 11 is 0. The minimum Gasteiger partial charge on any atom is -0.504 e. The lowest BCUT2D eigenvalue weighted by Gasteiger charge is -2.20. The van der Waals surface area contributed by atoms with Crippen LogP contribution in [-0.2, 0) is 19.4 Å². The van der Waals surface area contributed by atoms with Gasteiger partial charge in [0.15, 0.2) is 11.5 Å². The number of aromatic nitrogens is 2. The molecule has 0 saturated heterocycles. The monoisotopic (exact) mass is 344 g/mol. The van der Waals surface area contributed by atoms with Crippen LogP contribution in [0.15, 0.2) is 23.0 Å². The van der Waals surface area contributed by atoms with Gasteiger partial charge in [0.1, 0.15) is 0 Å². The Kier molecular flexibility index (Phi) is 4.94. The smallest absolute Gasteiger partial charge is 0.255 e. The average molecular weight is 344 g/mol. The van der Waals surface area contributed by atoms with E-state index < -0.39 is 0 Å². The average Bonchev–Trinajstić information content (AvgIpc) is 2.78. The normalized spacial score (nSPS) is 14.7. The number of nitrogens with one attached hydrogen (secondary N) is 1. The Morgan fingerprint density at radius 1 is 1.32 bits per heavy atom. The molecule has 0 amide bonds. The molecule has 0 bridgehead atoms. The van der Waals surface area contributed by atoms with Crippen molar-refractivity contribution in [1.29, 1.82) is 0 Å². The van der Waals surface area contributed by atoms with Gasteiger partial charge in [0.05, 0.1) is 12.8 Å². The molecule has 0 saturated carbocycles. The molecular weight excluding hydrogens is 320 g/mol. The Labute approximate surface area is 146 Å². The summed E-state index contributed by atoms with van der Waals surface area (Å²) in [7, 11) is 5.26. The second kappa shape index (κ2) is 7.14. The van der Waals surface area contributed by atoms with Crippen LogP contribution in [0, 0.1) is 0 Å². The van der Waals surface area contributed by atoms with Crippen LogP contribution >= 0.6 is 0 Å². The summed E-state index contributed by atoms with van der Waals surface area (Å²) < 4.78 is 5.08. The molecule has 2 aromatic rings. The first kappa shape index (κ1) is 17.3. The van der Waals surface area contributed by atoms with Gasteiger partial charge >= 0.3 is 0 Å². The molecule has 0 atom stereocenters. The third-order valence-electron chi connectivity index (χ3n) is 4.50. The molecule has 1 aliphatic heterocycles. The first-order valence-electron chi connectivity index (χ1n) is 8.35. The minimum absolute atomic E-state index is 0.0439. The number of phenols is 1. The van der Waals surface area contributed by atoms with Crippen molar-refractivity contribution >= 4 is 5.95 Å². The fourth-order valence-corrected chi connectivity index (χ4v) is 3.10. The SMILES string of the molecule is COc1ccc(CN2CCc3nc(N(C)C)[nH]c(=O)c3CC2)cc1O. The highest BCUT2D eigenvalue weighted by Crippen LogP contribution is 2.27. The van der Waals surface area contributed by atoms with Crippen LogP contribution < -0.4 is 15.2 Å². The van der Waals surface area contributed by atoms with Crippen molar-refractivity contribution in [2.24, 2.45) is 0 Å². The maximum atomic E-state index is 12.3. The van der Waals surface area contributed by atoms with E-state index in [2.05, 4.69) is 14.9 Å². The molecule has 134 valence electrons. The van der Waals surface area contributed by atoms with Crippen molar-refractivity contribution in [3.63, 3.8) is 0 Å². The third kappa shape index (κ3) is 3.76. The molecule has 1 aliphatic rings. The molecule has 25 heavy (non-hydrogen) atoms. The quantitative estimate of drug-likeness (QED) is 0.866. The van der Waals surface area contributed by atoms with Gasteiger partial charge in [0, 0.05) is 45.7 Å². The Morgan fingerprint density at radius 3 is 2.76 bits per heavy atom. The second-order valence-corrected chi connectivity index (χ2v) is 6.49. The van der Waals surface area contributed by atoms with Gasteiger partial charge in [-0.05, 0) is 24.1 Å². The largest absolute Gasteiger partial charge is 0.504 e.